The molecule has 0 aliphatic heterocycles. The number of benzene rings is 3. The summed E-state index contributed by atoms with van der Waals surface area (Å²) in [7, 11) is 0. The lowest BCUT2D eigenvalue weighted by atomic mass is 10.0. The quantitative estimate of drug-likeness (QED) is 0.794. The summed E-state index contributed by atoms with van der Waals surface area (Å²) in [6.45, 7) is 0. The highest BCUT2D eigenvalue weighted by Crippen LogP contribution is 2.17. The van der Waals surface area contributed by atoms with Crippen LogP contribution in [-0.4, -0.2) is 5.91 Å². The molecule has 0 heterocycles. The Morgan fingerprint density at radius 2 is 1.68 bits per heavy atom. The molecule has 0 saturated heterocycles. The third-order valence-electron chi connectivity index (χ3n) is 3.50. The number of nitrogens with zero attached hydrogens (tertiary/aromatic N) is 1. The summed E-state index contributed by atoms with van der Waals surface area (Å²) in [6.07, 6.45) is 0.282. The number of hydrogen-bond donors (Lipinski definition) is 1. The maximum Gasteiger partial charge on any atom is 0.228 e. The van der Waals surface area contributed by atoms with E-state index in [0.717, 1.165) is 16.3 Å². The second-order valence-corrected chi connectivity index (χ2v) is 5.06. The molecule has 0 bridgehead atoms. The standard InChI is InChI=1S/C19H14N2O/c20-13-17-7-3-4-8-18(17)21-19(22)12-14-9-10-15-5-1-2-6-16(15)11-14/h1-11H,12H2,(H,21,22). The summed E-state index contributed by atoms with van der Waals surface area (Å²) in [4.78, 5) is 12.2. The lowest BCUT2D eigenvalue weighted by molar-refractivity contribution is -0.115. The smallest absolute Gasteiger partial charge is 0.228 e. The number of carbonyl (C=O) groups is 1. The van der Waals surface area contributed by atoms with E-state index in [1.165, 1.54) is 0 Å². The van der Waals surface area contributed by atoms with E-state index in [2.05, 4.69) is 11.4 Å². The lowest BCUT2D eigenvalue weighted by Gasteiger charge is -2.07. The van der Waals surface area contributed by atoms with Crippen LogP contribution in [0.3, 0.4) is 0 Å². The fourth-order valence-corrected chi connectivity index (χ4v) is 2.42. The minimum atomic E-state index is -0.127. The van der Waals surface area contributed by atoms with E-state index in [1.54, 1.807) is 24.3 Å². The lowest BCUT2D eigenvalue weighted by Crippen LogP contribution is -2.15. The van der Waals surface area contributed by atoms with E-state index in [4.69, 9.17) is 5.26 Å². The average molecular weight is 286 g/mol. The first kappa shape index (κ1) is 13.8. The minimum Gasteiger partial charge on any atom is -0.325 e. The van der Waals surface area contributed by atoms with E-state index >= 15 is 0 Å². The van der Waals surface area contributed by atoms with Gasteiger partial charge in [-0.15, -0.1) is 0 Å². The van der Waals surface area contributed by atoms with Crippen molar-refractivity contribution >= 4 is 22.4 Å². The van der Waals surface area contributed by atoms with Crippen molar-refractivity contribution in [3.05, 3.63) is 77.9 Å². The zero-order valence-corrected chi connectivity index (χ0v) is 11.9. The Labute approximate surface area is 128 Å². The van der Waals surface area contributed by atoms with Crippen molar-refractivity contribution in [1.29, 1.82) is 5.26 Å². The number of para-hydroxylation sites is 1. The molecule has 3 rings (SSSR count). The molecule has 22 heavy (non-hydrogen) atoms. The molecule has 0 unspecified atom stereocenters. The Morgan fingerprint density at radius 1 is 0.955 bits per heavy atom. The van der Waals surface area contributed by atoms with Gasteiger partial charge in [0.15, 0.2) is 0 Å². The van der Waals surface area contributed by atoms with Crippen LogP contribution in [-0.2, 0) is 11.2 Å². The van der Waals surface area contributed by atoms with Crippen LogP contribution in [0.4, 0.5) is 5.69 Å². The number of hydrogen-bond acceptors (Lipinski definition) is 2. The Morgan fingerprint density at radius 3 is 2.50 bits per heavy atom. The van der Waals surface area contributed by atoms with Gasteiger partial charge in [-0.05, 0) is 28.5 Å². The van der Waals surface area contributed by atoms with Crippen LogP contribution in [0, 0.1) is 11.3 Å². The highest BCUT2D eigenvalue weighted by molar-refractivity contribution is 5.94. The van der Waals surface area contributed by atoms with Crippen LogP contribution in [0.5, 0.6) is 0 Å². The van der Waals surface area contributed by atoms with Crippen molar-refractivity contribution in [2.24, 2.45) is 0 Å². The van der Waals surface area contributed by atoms with Gasteiger partial charge in [0.1, 0.15) is 6.07 Å². The van der Waals surface area contributed by atoms with Crippen molar-refractivity contribution in [3.63, 3.8) is 0 Å². The van der Waals surface area contributed by atoms with Crippen molar-refractivity contribution in [2.75, 3.05) is 5.32 Å². The third-order valence-corrected chi connectivity index (χ3v) is 3.50. The summed E-state index contributed by atoms with van der Waals surface area (Å²) < 4.78 is 0. The van der Waals surface area contributed by atoms with Crippen molar-refractivity contribution < 1.29 is 4.79 Å². The molecule has 0 atom stereocenters. The van der Waals surface area contributed by atoms with E-state index in [-0.39, 0.29) is 12.3 Å². The summed E-state index contributed by atoms with van der Waals surface area (Å²) >= 11 is 0. The van der Waals surface area contributed by atoms with Gasteiger partial charge in [-0.1, -0.05) is 54.6 Å². The second kappa shape index (κ2) is 6.11. The average Bonchev–Trinajstić information content (AvgIpc) is 2.55. The van der Waals surface area contributed by atoms with E-state index < -0.39 is 0 Å². The number of rotatable bonds is 3. The van der Waals surface area contributed by atoms with Gasteiger partial charge in [-0.3, -0.25) is 4.79 Å². The Kier molecular flexibility index (Phi) is 3.84. The molecule has 1 amide bonds. The molecule has 3 heteroatoms. The number of anilines is 1. The molecule has 106 valence electrons. The van der Waals surface area contributed by atoms with Gasteiger partial charge in [0, 0.05) is 0 Å². The van der Waals surface area contributed by atoms with Crippen LogP contribution in [0.1, 0.15) is 11.1 Å². The van der Waals surface area contributed by atoms with Crippen molar-refractivity contribution in [3.8, 4) is 6.07 Å². The van der Waals surface area contributed by atoms with Gasteiger partial charge in [0.05, 0.1) is 17.7 Å². The molecule has 1 N–H and O–H groups in total. The first-order valence-electron chi connectivity index (χ1n) is 7.03. The summed E-state index contributed by atoms with van der Waals surface area (Å²) in [6, 6.07) is 23.1. The number of fused-ring (bicyclic) bond motifs is 1. The fourth-order valence-electron chi connectivity index (χ4n) is 2.42. The molecule has 0 saturated carbocycles. The molecule has 0 fully saturated rings. The number of nitriles is 1. The van der Waals surface area contributed by atoms with Crippen LogP contribution in [0.15, 0.2) is 66.7 Å². The highest BCUT2D eigenvalue weighted by atomic mass is 16.1. The Bertz CT molecular complexity index is 878. The van der Waals surface area contributed by atoms with Crippen molar-refractivity contribution in [1.82, 2.24) is 0 Å². The predicted molar refractivity (Wildman–Crippen MR) is 87.4 cm³/mol. The molecule has 3 aromatic carbocycles. The first-order chi connectivity index (χ1) is 10.8. The van der Waals surface area contributed by atoms with Gasteiger partial charge >= 0.3 is 0 Å². The van der Waals surface area contributed by atoms with Crippen LogP contribution >= 0.6 is 0 Å². The Balaban J connectivity index is 1.77. The third kappa shape index (κ3) is 2.97. The molecule has 0 radical (unpaired) electrons. The molecule has 0 aliphatic rings. The topological polar surface area (TPSA) is 52.9 Å². The normalized spacial score (nSPS) is 10.1. The van der Waals surface area contributed by atoms with E-state index in [1.807, 2.05) is 42.5 Å². The number of amides is 1. The molecular formula is C19H14N2O. The SMILES string of the molecule is N#Cc1ccccc1NC(=O)Cc1ccc2ccccc2c1. The molecule has 3 aromatic rings. The maximum absolute atomic E-state index is 12.2. The zero-order valence-electron chi connectivity index (χ0n) is 11.9. The fraction of sp³-hybridized carbons (Fsp3) is 0.0526. The van der Waals surface area contributed by atoms with Gasteiger partial charge < -0.3 is 5.32 Å². The molecule has 3 nitrogen and oxygen atoms in total. The zero-order chi connectivity index (χ0) is 15.4. The molecule has 0 aliphatic carbocycles. The second-order valence-electron chi connectivity index (χ2n) is 5.06. The maximum atomic E-state index is 12.2. The first-order valence-corrected chi connectivity index (χ1v) is 7.03. The molecule has 0 aromatic heterocycles. The number of nitrogens with one attached hydrogen (secondary N) is 1. The number of carbonyl (C=O) groups excluding carboxylic acids is 1. The largest absolute Gasteiger partial charge is 0.325 e. The van der Waals surface area contributed by atoms with Crippen LogP contribution in [0.25, 0.3) is 10.8 Å². The molecule has 0 spiro atoms. The van der Waals surface area contributed by atoms with Gasteiger partial charge in [0.2, 0.25) is 5.91 Å². The van der Waals surface area contributed by atoms with E-state index in [9.17, 15) is 4.79 Å². The summed E-state index contributed by atoms with van der Waals surface area (Å²) in [5, 5.41) is 14.1. The highest BCUT2D eigenvalue weighted by Gasteiger charge is 2.07. The summed E-state index contributed by atoms with van der Waals surface area (Å²) in [5.41, 5.74) is 1.97. The van der Waals surface area contributed by atoms with Gasteiger partial charge in [0.25, 0.3) is 0 Å². The van der Waals surface area contributed by atoms with E-state index in [0.29, 0.717) is 11.3 Å². The van der Waals surface area contributed by atoms with Gasteiger partial charge in [-0.25, -0.2) is 0 Å². The molecular weight excluding hydrogens is 272 g/mol. The summed E-state index contributed by atoms with van der Waals surface area (Å²) in [5.74, 6) is -0.127. The van der Waals surface area contributed by atoms with Crippen LogP contribution in [0.2, 0.25) is 0 Å². The predicted octanol–water partition coefficient (Wildman–Crippen LogP) is 3.89. The Hall–Kier alpha value is -3.12. The van der Waals surface area contributed by atoms with Crippen LogP contribution < -0.4 is 5.32 Å². The monoisotopic (exact) mass is 286 g/mol. The van der Waals surface area contributed by atoms with Gasteiger partial charge in [-0.2, -0.15) is 5.26 Å². The van der Waals surface area contributed by atoms with Crippen molar-refractivity contribution in [2.45, 2.75) is 6.42 Å². The minimum absolute atomic E-state index is 0.127.